The van der Waals surface area contributed by atoms with Crippen LogP contribution in [0.2, 0.25) is 0 Å². The molecule has 0 bridgehead atoms. The van der Waals surface area contributed by atoms with Gasteiger partial charge in [0.05, 0.1) is 5.92 Å². The molecule has 0 saturated carbocycles. The molecule has 5 nitrogen and oxygen atoms in total. The van der Waals surface area contributed by atoms with Gasteiger partial charge in [-0.15, -0.1) is 0 Å². The van der Waals surface area contributed by atoms with E-state index in [1.54, 1.807) is 0 Å². The van der Waals surface area contributed by atoms with Crippen LogP contribution >= 0.6 is 0 Å². The molecule has 2 amide bonds. The van der Waals surface area contributed by atoms with Crippen molar-refractivity contribution in [1.29, 1.82) is 0 Å². The van der Waals surface area contributed by atoms with Crippen molar-refractivity contribution in [3.63, 3.8) is 0 Å². The monoisotopic (exact) mass is 329 g/mol. The van der Waals surface area contributed by atoms with Gasteiger partial charge >= 0.3 is 0 Å². The highest BCUT2D eigenvalue weighted by atomic mass is 16.2. The van der Waals surface area contributed by atoms with Crippen LogP contribution in [0.4, 0.5) is 5.69 Å². The van der Waals surface area contributed by atoms with E-state index in [2.05, 4.69) is 17.6 Å². The zero-order chi connectivity index (χ0) is 16.9. The smallest absolute Gasteiger partial charge is 0.254 e. The lowest BCUT2D eigenvalue weighted by atomic mass is 9.98. The lowest BCUT2D eigenvalue weighted by Gasteiger charge is -2.33. The van der Waals surface area contributed by atoms with Crippen LogP contribution in [0.5, 0.6) is 0 Å². The van der Waals surface area contributed by atoms with Crippen LogP contribution in [0.3, 0.4) is 0 Å². The van der Waals surface area contributed by atoms with Crippen molar-refractivity contribution in [3.8, 4) is 0 Å². The largest absolute Gasteiger partial charge is 0.336 e. The topological polar surface area (TPSA) is 61.4 Å². The van der Waals surface area contributed by atoms with Crippen LogP contribution < -0.4 is 10.6 Å². The van der Waals surface area contributed by atoms with Crippen LogP contribution in [-0.2, 0) is 4.79 Å². The summed E-state index contributed by atoms with van der Waals surface area (Å²) < 4.78 is 0. The molecule has 2 fully saturated rings. The van der Waals surface area contributed by atoms with Crippen molar-refractivity contribution in [3.05, 3.63) is 29.8 Å². The first-order valence-corrected chi connectivity index (χ1v) is 9.08. The molecule has 2 atom stereocenters. The molecule has 130 valence electrons. The number of carbonyl (C=O) groups excluding carboxylic acids is 2. The zero-order valence-corrected chi connectivity index (χ0v) is 14.4. The number of benzene rings is 1. The average molecular weight is 329 g/mol. The van der Waals surface area contributed by atoms with Crippen molar-refractivity contribution < 1.29 is 9.59 Å². The summed E-state index contributed by atoms with van der Waals surface area (Å²) in [4.78, 5) is 26.8. The molecule has 0 spiro atoms. The number of hydrogen-bond donors (Lipinski definition) is 2. The standard InChI is InChI=1S/C19H27N3O2/c1-14-5-2-3-12-22(14)19(24)15-7-9-17(10-8-15)21-18(23)16-6-4-11-20-13-16/h7-10,14,16,20H,2-6,11-13H2,1H3,(H,21,23). The predicted molar refractivity (Wildman–Crippen MR) is 95.0 cm³/mol. The first kappa shape index (κ1) is 17.0. The number of rotatable bonds is 3. The Kier molecular flexibility index (Phi) is 5.51. The molecule has 0 aliphatic carbocycles. The molecule has 2 unspecified atom stereocenters. The molecule has 1 aromatic carbocycles. The van der Waals surface area contributed by atoms with E-state index in [1.807, 2.05) is 29.2 Å². The molecule has 0 radical (unpaired) electrons. The van der Waals surface area contributed by atoms with Gasteiger partial charge in [0.2, 0.25) is 5.91 Å². The summed E-state index contributed by atoms with van der Waals surface area (Å²) in [6.45, 7) is 4.70. The number of anilines is 1. The summed E-state index contributed by atoms with van der Waals surface area (Å²) in [5.74, 6) is 0.191. The molecule has 2 heterocycles. The van der Waals surface area contributed by atoms with Gasteiger partial charge in [0, 0.05) is 30.4 Å². The molecule has 5 heteroatoms. The maximum atomic E-state index is 12.6. The Morgan fingerprint density at radius 1 is 1.12 bits per heavy atom. The Balaban J connectivity index is 1.60. The van der Waals surface area contributed by atoms with Gasteiger partial charge in [-0.2, -0.15) is 0 Å². The van der Waals surface area contributed by atoms with E-state index in [4.69, 9.17) is 0 Å². The third kappa shape index (κ3) is 3.96. The number of nitrogens with zero attached hydrogens (tertiary/aromatic N) is 1. The van der Waals surface area contributed by atoms with E-state index < -0.39 is 0 Å². The second-order valence-electron chi connectivity index (χ2n) is 6.95. The van der Waals surface area contributed by atoms with Crippen LogP contribution in [0.25, 0.3) is 0 Å². The van der Waals surface area contributed by atoms with Crippen LogP contribution in [0.1, 0.15) is 49.4 Å². The van der Waals surface area contributed by atoms with E-state index in [1.165, 1.54) is 6.42 Å². The minimum atomic E-state index is 0.0363. The van der Waals surface area contributed by atoms with Crippen LogP contribution in [0.15, 0.2) is 24.3 Å². The highest BCUT2D eigenvalue weighted by Gasteiger charge is 2.24. The van der Waals surface area contributed by atoms with Crippen molar-refractivity contribution in [2.75, 3.05) is 25.0 Å². The van der Waals surface area contributed by atoms with E-state index in [0.717, 1.165) is 51.0 Å². The van der Waals surface area contributed by atoms with Gasteiger partial charge < -0.3 is 15.5 Å². The summed E-state index contributed by atoms with van der Waals surface area (Å²) in [5.41, 5.74) is 1.45. The molecular weight excluding hydrogens is 302 g/mol. The van der Waals surface area contributed by atoms with Gasteiger partial charge in [-0.1, -0.05) is 0 Å². The number of hydrogen-bond acceptors (Lipinski definition) is 3. The Morgan fingerprint density at radius 3 is 2.58 bits per heavy atom. The van der Waals surface area contributed by atoms with E-state index >= 15 is 0 Å². The summed E-state index contributed by atoms with van der Waals surface area (Å²) in [5, 5.41) is 6.22. The third-order valence-corrected chi connectivity index (χ3v) is 5.13. The maximum Gasteiger partial charge on any atom is 0.254 e. The number of nitrogens with one attached hydrogen (secondary N) is 2. The van der Waals surface area contributed by atoms with Gasteiger partial charge in [0.25, 0.3) is 5.91 Å². The number of carbonyl (C=O) groups is 2. The van der Waals surface area contributed by atoms with Gasteiger partial charge in [0.15, 0.2) is 0 Å². The molecule has 2 aliphatic rings. The molecular formula is C19H27N3O2. The molecule has 2 N–H and O–H groups in total. The molecule has 2 aliphatic heterocycles. The SMILES string of the molecule is CC1CCCCN1C(=O)c1ccc(NC(=O)C2CCCNC2)cc1. The highest BCUT2D eigenvalue weighted by molar-refractivity contribution is 5.96. The van der Waals surface area contributed by atoms with E-state index in [-0.39, 0.29) is 17.7 Å². The van der Waals surface area contributed by atoms with E-state index in [9.17, 15) is 9.59 Å². The predicted octanol–water partition coefficient (Wildman–Crippen LogP) is 2.64. The minimum absolute atomic E-state index is 0.0363. The van der Waals surface area contributed by atoms with Crippen LogP contribution in [0, 0.1) is 5.92 Å². The Labute approximate surface area is 143 Å². The lowest BCUT2D eigenvalue weighted by molar-refractivity contribution is -0.120. The average Bonchev–Trinajstić information content (AvgIpc) is 2.63. The van der Waals surface area contributed by atoms with Gasteiger partial charge in [-0.3, -0.25) is 9.59 Å². The second-order valence-corrected chi connectivity index (χ2v) is 6.95. The van der Waals surface area contributed by atoms with Crippen molar-refractivity contribution in [2.24, 2.45) is 5.92 Å². The number of likely N-dealkylation sites (tertiary alicyclic amines) is 1. The number of amides is 2. The van der Waals surface area contributed by atoms with E-state index in [0.29, 0.717) is 11.6 Å². The van der Waals surface area contributed by atoms with Crippen molar-refractivity contribution in [2.45, 2.75) is 45.1 Å². The third-order valence-electron chi connectivity index (χ3n) is 5.13. The van der Waals surface area contributed by atoms with Crippen molar-refractivity contribution >= 4 is 17.5 Å². The lowest BCUT2D eigenvalue weighted by Crippen LogP contribution is -2.42. The quantitative estimate of drug-likeness (QED) is 0.896. The Bertz CT molecular complexity index is 579. The fourth-order valence-electron chi connectivity index (χ4n) is 3.58. The molecule has 0 aromatic heterocycles. The Hall–Kier alpha value is -1.88. The summed E-state index contributed by atoms with van der Waals surface area (Å²) in [6.07, 6.45) is 5.34. The van der Waals surface area contributed by atoms with Crippen LogP contribution in [-0.4, -0.2) is 42.4 Å². The fraction of sp³-hybridized carbons (Fsp3) is 0.579. The maximum absolute atomic E-state index is 12.6. The fourth-order valence-corrected chi connectivity index (χ4v) is 3.58. The minimum Gasteiger partial charge on any atom is -0.336 e. The molecule has 3 rings (SSSR count). The highest BCUT2D eigenvalue weighted by Crippen LogP contribution is 2.20. The Morgan fingerprint density at radius 2 is 1.92 bits per heavy atom. The number of piperidine rings is 2. The van der Waals surface area contributed by atoms with Crippen molar-refractivity contribution in [1.82, 2.24) is 10.2 Å². The first-order chi connectivity index (χ1) is 11.6. The molecule has 24 heavy (non-hydrogen) atoms. The van der Waals surface area contributed by atoms with Gasteiger partial charge in [-0.05, 0) is 69.8 Å². The summed E-state index contributed by atoms with van der Waals surface area (Å²) in [7, 11) is 0. The normalized spacial score (nSPS) is 24.5. The second kappa shape index (κ2) is 7.79. The molecule has 1 aromatic rings. The molecule has 2 saturated heterocycles. The van der Waals surface area contributed by atoms with Gasteiger partial charge in [0.1, 0.15) is 0 Å². The zero-order valence-electron chi connectivity index (χ0n) is 14.4. The summed E-state index contributed by atoms with van der Waals surface area (Å²) >= 11 is 0. The van der Waals surface area contributed by atoms with Gasteiger partial charge in [-0.25, -0.2) is 0 Å². The summed E-state index contributed by atoms with van der Waals surface area (Å²) in [6, 6.07) is 7.60. The first-order valence-electron chi connectivity index (χ1n) is 9.08.